The second-order valence-electron chi connectivity index (χ2n) is 5.14. The van der Waals surface area contributed by atoms with Crippen molar-refractivity contribution in [2.45, 2.75) is 12.8 Å². The molecule has 1 fully saturated rings. The van der Waals surface area contributed by atoms with E-state index in [1.807, 2.05) is 29.2 Å². The molecule has 1 aliphatic heterocycles. The zero-order valence-corrected chi connectivity index (χ0v) is 11.9. The molecule has 2 N–H and O–H groups in total. The number of rotatable bonds is 2. The summed E-state index contributed by atoms with van der Waals surface area (Å²) in [5.41, 5.74) is 7.06. The highest BCUT2D eigenvalue weighted by molar-refractivity contribution is 7.80. The molecule has 0 saturated carbocycles. The van der Waals surface area contributed by atoms with Gasteiger partial charge in [-0.2, -0.15) is 0 Å². The first kappa shape index (κ1) is 13.1. The molecule has 1 aromatic heterocycles. The molecule has 1 amide bonds. The molecule has 1 aliphatic rings. The molecular weight excluding hydrogens is 272 g/mol. The van der Waals surface area contributed by atoms with E-state index in [-0.39, 0.29) is 11.8 Å². The molecule has 1 aromatic carbocycles. The van der Waals surface area contributed by atoms with Crippen molar-refractivity contribution in [3.05, 3.63) is 36.1 Å². The Morgan fingerprint density at radius 3 is 3.00 bits per heavy atom. The van der Waals surface area contributed by atoms with Crippen molar-refractivity contribution >= 4 is 34.1 Å². The van der Waals surface area contributed by atoms with E-state index in [1.165, 1.54) is 6.26 Å². The van der Waals surface area contributed by atoms with Crippen LogP contribution in [0.4, 0.5) is 0 Å². The topological polar surface area (TPSA) is 59.5 Å². The number of thiocarbonyl (C=S) groups is 1. The van der Waals surface area contributed by atoms with Gasteiger partial charge in [0.15, 0.2) is 0 Å². The Balaban J connectivity index is 1.87. The summed E-state index contributed by atoms with van der Waals surface area (Å²) in [6, 6.07) is 7.56. The van der Waals surface area contributed by atoms with E-state index in [0.717, 1.165) is 30.4 Å². The summed E-state index contributed by atoms with van der Waals surface area (Å²) < 4.78 is 5.44. The molecular formula is C15H16N2O2S. The fourth-order valence-corrected chi connectivity index (χ4v) is 2.90. The normalized spacial score (nSPS) is 19.2. The zero-order valence-electron chi connectivity index (χ0n) is 11.0. The Morgan fingerprint density at radius 1 is 1.40 bits per heavy atom. The van der Waals surface area contributed by atoms with Crippen molar-refractivity contribution in [1.82, 2.24) is 4.90 Å². The molecule has 0 aliphatic carbocycles. The number of benzene rings is 1. The number of hydrogen-bond donors (Lipinski definition) is 1. The number of hydrogen-bond acceptors (Lipinski definition) is 3. The largest absolute Gasteiger partial charge is 0.463 e. The minimum atomic E-state index is -0.00380. The van der Waals surface area contributed by atoms with E-state index >= 15 is 0 Å². The highest BCUT2D eigenvalue weighted by atomic mass is 32.1. The molecule has 104 valence electrons. The number of fused-ring (bicyclic) bond motifs is 1. The van der Waals surface area contributed by atoms with Crippen LogP contribution >= 0.6 is 12.2 Å². The Kier molecular flexibility index (Phi) is 3.44. The van der Waals surface area contributed by atoms with E-state index in [0.29, 0.717) is 17.1 Å². The maximum atomic E-state index is 12.6. The zero-order chi connectivity index (χ0) is 14.1. The summed E-state index contributed by atoms with van der Waals surface area (Å²) >= 11 is 5.05. The van der Waals surface area contributed by atoms with Gasteiger partial charge >= 0.3 is 0 Å². The van der Waals surface area contributed by atoms with Crippen LogP contribution in [-0.2, 0) is 0 Å². The molecule has 0 spiro atoms. The Labute approximate surface area is 122 Å². The summed E-state index contributed by atoms with van der Waals surface area (Å²) in [6.07, 6.45) is 3.44. The second-order valence-corrected chi connectivity index (χ2v) is 5.61. The van der Waals surface area contributed by atoms with Crippen molar-refractivity contribution in [2.75, 3.05) is 13.1 Å². The number of para-hydroxylation sites is 1. The molecule has 1 atom stereocenters. The SMILES string of the molecule is NC(=S)C1CCCN(C(=O)c2coc3ccccc23)C1. The lowest BCUT2D eigenvalue weighted by atomic mass is 9.97. The molecule has 3 rings (SSSR count). The number of nitrogens with two attached hydrogens (primary N) is 1. The number of piperidine rings is 1. The predicted octanol–water partition coefficient (Wildman–Crippen LogP) is 2.57. The van der Waals surface area contributed by atoms with Gasteiger partial charge < -0.3 is 15.1 Å². The Morgan fingerprint density at radius 2 is 2.20 bits per heavy atom. The summed E-state index contributed by atoms with van der Waals surface area (Å²) in [4.78, 5) is 14.9. The van der Waals surface area contributed by atoms with Crippen LogP contribution in [0.3, 0.4) is 0 Å². The molecule has 5 heteroatoms. The highest BCUT2D eigenvalue weighted by Gasteiger charge is 2.27. The first-order valence-corrected chi connectivity index (χ1v) is 7.12. The third kappa shape index (κ3) is 2.29. The molecule has 2 heterocycles. The van der Waals surface area contributed by atoms with Gasteiger partial charge in [-0.15, -0.1) is 0 Å². The van der Waals surface area contributed by atoms with Gasteiger partial charge in [0.25, 0.3) is 5.91 Å². The van der Waals surface area contributed by atoms with Crippen LogP contribution in [0.2, 0.25) is 0 Å². The quantitative estimate of drug-likeness (QED) is 0.863. The smallest absolute Gasteiger partial charge is 0.257 e. The fraction of sp³-hybridized carbons (Fsp3) is 0.333. The number of nitrogens with zero attached hydrogens (tertiary/aromatic N) is 1. The van der Waals surface area contributed by atoms with Crippen LogP contribution in [0.15, 0.2) is 34.9 Å². The van der Waals surface area contributed by atoms with Crippen molar-refractivity contribution in [3.8, 4) is 0 Å². The van der Waals surface area contributed by atoms with E-state index in [2.05, 4.69) is 0 Å². The van der Waals surface area contributed by atoms with Crippen LogP contribution in [0, 0.1) is 5.92 Å². The van der Waals surface area contributed by atoms with E-state index < -0.39 is 0 Å². The lowest BCUT2D eigenvalue weighted by molar-refractivity contribution is 0.0704. The lowest BCUT2D eigenvalue weighted by Crippen LogP contribution is -2.43. The number of likely N-dealkylation sites (tertiary alicyclic amines) is 1. The van der Waals surface area contributed by atoms with Gasteiger partial charge in [0, 0.05) is 24.4 Å². The van der Waals surface area contributed by atoms with Crippen molar-refractivity contribution in [2.24, 2.45) is 11.7 Å². The summed E-state index contributed by atoms with van der Waals surface area (Å²) in [6.45, 7) is 1.35. The predicted molar refractivity (Wildman–Crippen MR) is 81.6 cm³/mol. The third-order valence-electron chi connectivity index (χ3n) is 3.82. The van der Waals surface area contributed by atoms with Crippen LogP contribution in [0.1, 0.15) is 23.2 Å². The van der Waals surface area contributed by atoms with E-state index in [4.69, 9.17) is 22.4 Å². The van der Waals surface area contributed by atoms with Gasteiger partial charge in [-0.05, 0) is 18.9 Å². The minimum Gasteiger partial charge on any atom is -0.463 e. The lowest BCUT2D eigenvalue weighted by Gasteiger charge is -2.32. The van der Waals surface area contributed by atoms with Gasteiger partial charge in [0.2, 0.25) is 0 Å². The maximum Gasteiger partial charge on any atom is 0.257 e. The summed E-state index contributed by atoms with van der Waals surface area (Å²) in [5.74, 6) is 0.122. The van der Waals surface area contributed by atoms with Crippen LogP contribution in [0.5, 0.6) is 0 Å². The van der Waals surface area contributed by atoms with Gasteiger partial charge in [0.05, 0.1) is 10.6 Å². The first-order chi connectivity index (χ1) is 9.66. The average molecular weight is 288 g/mol. The second kappa shape index (κ2) is 5.25. The number of amides is 1. The molecule has 1 unspecified atom stereocenters. The number of furan rings is 1. The average Bonchev–Trinajstić information content (AvgIpc) is 2.90. The van der Waals surface area contributed by atoms with Gasteiger partial charge in [-0.1, -0.05) is 30.4 Å². The molecule has 20 heavy (non-hydrogen) atoms. The standard InChI is InChI=1S/C15H16N2O2S/c16-14(20)10-4-3-7-17(8-10)15(18)12-9-19-13-6-2-1-5-11(12)13/h1-2,5-6,9-10H,3-4,7-8H2,(H2,16,20). The van der Waals surface area contributed by atoms with Crippen molar-refractivity contribution < 1.29 is 9.21 Å². The highest BCUT2D eigenvalue weighted by Crippen LogP contribution is 2.24. The monoisotopic (exact) mass is 288 g/mol. The van der Waals surface area contributed by atoms with Gasteiger partial charge in [-0.25, -0.2) is 0 Å². The fourth-order valence-electron chi connectivity index (χ4n) is 2.71. The molecule has 4 nitrogen and oxygen atoms in total. The van der Waals surface area contributed by atoms with Crippen LogP contribution in [-0.4, -0.2) is 28.9 Å². The van der Waals surface area contributed by atoms with E-state index in [1.54, 1.807) is 0 Å². The van der Waals surface area contributed by atoms with Crippen molar-refractivity contribution in [3.63, 3.8) is 0 Å². The first-order valence-electron chi connectivity index (χ1n) is 6.71. The molecule has 1 saturated heterocycles. The van der Waals surface area contributed by atoms with E-state index in [9.17, 15) is 4.79 Å². The Hall–Kier alpha value is -1.88. The third-order valence-corrected chi connectivity index (χ3v) is 4.16. The minimum absolute atomic E-state index is 0.00380. The Bertz CT molecular complexity index is 665. The van der Waals surface area contributed by atoms with Gasteiger partial charge in [0.1, 0.15) is 11.8 Å². The molecule has 2 aromatic rings. The van der Waals surface area contributed by atoms with Crippen molar-refractivity contribution in [1.29, 1.82) is 0 Å². The summed E-state index contributed by atoms with van der Waals surface area (Å²) in [5, 5.41) is 0.856. The number of carbonyl (C=O) groups excluding carboxylic acids is 1. The van der Waals surface area contributed by atoms with Gasteiger partial charge in [-0.3, -0.25) is 4.79 Å². The molecule has 0 radical (unpaired) electrons. The molecule has 0 bridgehead atoms. The van der Waals surface area contributed by atoms with Crippen LogP contribution in [0.25, 0.3) is 11.0 Å². The maximum absolute atomic E-state index is 12.6. The summed E-state index contributed by atoms with van der Waals surface area (Å²) in [7, 11) is 0. The number of carbonyl (C=O) groups is 1. The van der Waals surface area contributed by atoms with Crippen LogP contribution < -0.4 is 5.73 Å².